The molecule has 3 unspecified atom stereocenters. The Morgan fingerprint density at radius 3 is 2.92 bits per heavy atom. The van der Waals surface area contributed by atoms with Crippen LogP contribution in [0.2, 0.25) is 0 Å². The van der Waals surface area contributed by atoms with Crippen LogP contribution < -0.4 is 0 Å². The van der Waals surface area contributed by atoms with Crippen molar-refractivity contribution in [1.82, 2.24) is 0 Å². The molecule has 0 saturated heterocycles. The number of rotatable bonds is 1. The first-order valence-corrected chi connectivity index (χ1v) is 4.95. The second kappa shape index (κ2) is 2.97. The summed E-state index contributed by atoms with van der Waals surface area (Å²) in [7, 11) is 2.39. The first-order chi connectivity index (χ1) is 5.77. The average molecular weight is 182 g/mol. The Kier molecular flexibility index (Phi) is 2.10. The van der Waals surface area contributed by atoms with Gasteiger partial charge in [-0.2, -0.15) is 0 Å². The molecule has 0 aromatic heterocycles. The van der Waals surface area contributed by atoms with Crippen molar-refractivity contribution in [3.05, 3.63) is 23.8 Å². The molecule has 3 atom stereocenters. The van der Waals surface area contributed by atoms with Gasteiger partial charge in [0.2, 0.25) is 0 Å². The minimum Gasteiger partial charge on any atom is -0.362 e. The van der Waals surface area contributed by atoms with Crippen LogP contribution in [0.3, 0.4) is 0 Å². The number of allylic oxidation sites excluding steroid dienone is 3. The molecule has 2 aliphatic rings. The third-order valence-electron chi connectivity index (χ3n) is 3.16. The second-order valence-electron chi connectivity index (χ2n) is 3.88. The predicted molar refractivity (Wildman–Crippen MR) is 53.8 cm³/mol. The molecule has 0 amide bonds. The molecule has 1 fully saturated rings. The Labute approximate surface area is 76.2 Å². The van der Waals surface area contributed by atoms with E-state index in [0.717, 1.165) is 6.42 Å². The van der Waals surface area contributed by atoms with Crippen molar-refractivity contribution in [3.63, 3.8) is 0 Å². The largest absolute Gasteiger partial charge is 0.362 e. The summed E-state index contributed by atoms with van der Waals surface area (Å²) in [5, 5.41) is 0. The molecule has 0 aromatic rings. The monoisotopic (exact) mass is 182 g/mol. The summed E-state index contributed by atoms with van der Waals surface area (Å²) in [6.07, 6.45) is 11.0. The van der Waals surface area contributed by atoms with E-state index in [4.69, 9.17) is 4.52 Å². The van der Waals surface area contributed by atoms with Gasteiger partial charge in [0.15, 0.2) is 0 Å². The summed E-state index contributed by atoms with van der Waals surface area (Å²) in [6.45, 7) is 2.15. The van der Waals surface area contributed by atoms with Gasteiger partial charge in [-0.25, -0.2) is 0 Å². The molecule has 0 radical (unpaired) electrons. The maximum atomic E-state index is 5.35. The third-order valence-corrected chi connectivity index (χ3v) is 3.49. The Morgan fingerprint density at radius 2 is 2.50 bits per heavy atom. The summed E-state index contributed by atoms with van der Waals surface area (Å²) < 4.78 is 5.35. The highest BCUT2D eigenvalue weighted by Gasteiger charge is 2.44. The van der Waals surface area contributed by atoms with Crippen LogP contribution in [0.15, 0.2) is 23.8 Å². The normalized spacial score (nSPS) is 39.5. The molecule has 0 N–H and O–H groups in total. The maximum Gasteiger partial charge on any atom is 0.0704 e. The fraction of sp³-hybridized carbons (Fsp3) is 0.600. The van der Waals surface area contributed by atoms with E-state index in [9.17, 15) is 0 Å². The standard InChI is InChI=1S/C10H15OP/c1-8-2-5-10(6-3-8)7-4-9(10)11-12/h2-3,5,9H,4,6-7,12H2,1H3. The van der Waals surface area contributed by atoms with Crippen LogP contribution in [-0.2, 0) is 4.52 Å². The first kappa shape index (κ1) is 8.47. The highest BCUT2D eigenvalue weighted by atomic mass is 31.0. The van der Waals surface area contributed by atoms with Gasteiger partial charge in [-0.15, -0.1) is 0 Å². The molecule has 0 heterocycles. The van der Waals surface area contributed by atoms with Crippen LogP contribution in [0.1, 0.15) is 26.2 Å². The fourth-order valence-electron chi connectivity index (χ4n) is 2.05. The Hall–Kier alpha value is -0.130. The van der Waals surface area contributed by atoms with Crippen molar-refractivity contribution in [2.24, 2.45) is 5.41 Å². The Balaban J connectivity index is 2.11. The molecular weight excluding hydrogens is 167 g/mol. The van der Waals surface area contributed by atoms with Gasteiger partial charge in [0, 0.05) is 14.9 Å². The molecule has 0 aliphatic heterocycles. The summed E-state index contributed by atoms with van der Waals surface area (Å²) in [4.78, 5) is 0. The van der Waals surface area contributed by atoms with Crippen LogP contribution in [0, 0.1) is 5.41 Å². The summed E-state index contributed by atoms with van der Waals surface area (Å²) in [5.41, 5.74) is 1.73. The molecule has 1 spiro atoms. The summed E-state index contributed by atoms with van der Waals surface area (Å²) >= 11 is 0. The fourth-order valence-corrected chi connectivity index (χ4v) is 2.45. The average Bonchev–Trinajstić information content (AvgIpc) is 2.05. The SMILES string of the molecule is CC1=CCC2(C=C1)CCC2OP. The van der Waals surface area contributed by atoms with Gasteiger partial charge >= 0.3 is 0 Å². The van der Waals surface area contributed by atoms with Crippen molar-refractivity contribution in [2.75, 3.05) is 0 Å². The van der Waals surface area contributed by atoms with Crippen molar-refractivity contribution >= 4 is 9.47 Å². The van der Waals surface area contributed by atoms with Gasteiger partial charge in [0.05, 0.1) is 6.10 Å². The number of hydrogen-bond donors (Lipinski definition) is 0. The molecule has 12 heavy (non-hydrogen) atoms. The van der Waals surface area contributed by atoms with Crippen molar-refractivity contribution in [3.8, 4) is 0 Å². The molecular formula is C10H15OP. The van der Waals surface area contributed by atoms with Crippen molar-refractivity contribution in [2.45, 2.75) is 32.3 Å². The summed E-state index contributed by atoms with van der Waals surface area (Å²) in [5.74, 6) is 0. The molecule has 66 valence electrons. The minimum absolute atomic E-state index is 0.348. The van der Waals surface area contributed by atoms with Crippen molar-refractivity contribution < 1.29 is 4.52 Å². The molecule has 2 heteroatoms. The Morgan fingerprint density at radius 1 is 1.67 bits per heavy atom. The lowest BCUT2D eigenvalue weighted by Crippen LogP contribution is -2.44. The smallest absolute Gasteiger partial charge is 0.0704 e. The van der Waals surface area contributed by atoms with E-state index in [1.165, 1.54) is 18.4 Å². The van der Waals surface area contributed by atoms with E-state index in [0.29, 0.717) is 11.5 Å². The van der Waals surface area contributed by atoms with Crippen LogP contribution in [0.25, 0.3) is 0 Å². The van der Waals surface area contributed by atoms with E-state index in [2.05, 4.69) is 34.6 Å². The van der Waals surface area contributed by atoms with Crippen molar-refractivity contribution in [1.29, 1.82) is 0 Å². The lowest BCUT2D eigenvalue weighted by Gasteiger charge is -2.47. The first-order valence-electron chi connectivity index (χ1n) is 4.48. The molecule has 1 nitrogen and oxygen atoms in total. The summed E-state index contributed by atoms with van der Waals surface area (Å²) in [6, 6.07) is 0. The predicted octanol–water partition coefficient (Wildman–Crippen LogP) is 2.85. The van der Waals surface area contributed by atoms with E-state index in [1.54, 1.807) is 0 Å². The third kappa shape index (κ3) is 1.16. The van der Waals surface area contributed by atoms with Gasteiger partial charge in [-0.1, -0.05) is 23.8 Å². The highest BCUT2D eigenvalue weighted by molar-refractivity contribution is 7.09. The van der Waals surface area contributed by atoms with Crippen LogP contribution in [0.4, 0.5) is 0 Å². The zero-order valence-corrected chi connectivity index (χ0v) is 8.57. The van der Waals surface area contributed by atoms with Gasteiger partial charge in [0.1, 0.15) is 0 Å². The van der Waals surface area contributed by atoms with Gasteiger partial charge < -0.3 is 4.52 Å². The molecule has 1 saturated carbocycles. The molecule has 2 rings (SSSR count). The topological polar surface area (TPSA) is 9.23 Å². The zero-order chi connectivity index (χ0) is 8.60. The quantitative estimate of drug-likeness (QED) is 0.566. The Bertz CT molecular complexity index is 242. The second-order valence-corrected chi connectivity index (χ2v) is 4.15. The molecule has 0 bridgehead atoms. The van der Waals surface area contributed by atoms with Gasteiger partial charge in [0.25, 0.3) is 0 Å². The van der Waals surface area contributed by atoms with Crippen LogP contribution in [-0.4, -0.2) is 6.10 Å². The van der Waals surface area contributed by atoms with Gasteiger partial charge in [-0.05, 0) is 26.2 Å². The highest BCUT2D eigenvalue weighted by Crippen LogP contribution is 2.50. The lowest BCUT2D eigenvalue weighted by molar-refractivity contribution is 0.00446. The van der Waals surface area contributed by atoms with E-state index in [1.807, 2.05) is 0 Å². The van der Waals surface area contributed by atoms with E-state index >= 15 is 0 Å². The molecule has 2 aliphatic carbocycles. The number of hydrogen-bond acceptors (Lipinski definition) is 1. The van der Waals surface area contributed by atoms with E-state index in [-0.39, 0.29) is 0 Å². The minimum atomic E-state index is 0.348. The van der Waals surface area contributed by atoms with Gasteiger partial charge in [-0.3, -0.25) is 0 Å². The lowest BCUT2D eigenvalue weighted by atomic mass is 9.62. The zero-order valence-electron chi connectivity index (χ0n) is 7.42. The molecule has 0 aromatic carbocycles. The van der Waals surface area contributed by atoms with E-state index < -0.39 is 0 Å². The van der Waals surface area contributed by atoms with Crippen LogP contribution >= 0.6 is 9.47 Å². The maximum absolute atomic E-state index is 5.35. The van der Waals surface area contributed by atoms with Crippen LogP contribution in [0.5, 0.6) is 0 Å².